The van der Waals surface area contributed by atoms with Crippen LogP contribution in [0, 0.1) is 6.92 Å². The number of rotatable bonds is 8. The van der Waals surface area contributed by atoms with Gasteiger partial charge < -0.3 is 20.0 Å². The minimum Gasteiger partial charge on any atom is -0.492 e. The molecular formula is C32H37N5O4. The summed E-state index contributed by atoms with van der Waals surface area (Å²) in [7, 11) is 0. The summed E-state index contributed by atoms with van der Waals surface area (Å²) in [6, 6.07) is 21.1. The number of oxime groups is 1. The second kappa shape index (κ2) is 12.1. The first kappa shape index (κ1) is 28.3. The molecule has 1 amide bonds. The largest absolute Gasteiger partial charge is 0.492 e. The Bertz CT molecular complexity index is 1550. The van der Waals surface area contributed by atoms with Crippen molar-refractivity contribution in [2.75, 3.05) is 44.8 Å². The van der Waals surface area contributed by atoms with Crippen LogP contribution >= 0.6 is 0 Å². The smallest absolute Gasteiger partial charge is 0.279 e. The summed E-state index contributed by atoms with van der Waals surface area (Å²) < 4.78 is 13.2. The highest BCUT2D eigenvalue weighted by atomic mass is 16.5. The topological polar surface area (TPSA) is 101 Å². The maximum absolute atomic E-state index is 13.6. The predicted molar refractivity (Wildman–Crippen MR) is 161 cm³/mol. The minimum absolute atomic E-state index is 0.136. The Morgan fingerprint density at radius 2 is 1.76 bits per heavy atom. The number of aromatic nitrogens is 2. The number of amides is 1. The number of aryl methyl sites for hydroxylation is 1. The average molecular weight is 556 g/mol. The molecule has 1 aromatic heterocycles. The van der Waals surface area contributed by atoms with Crippen LogP contribution in [0.1, 0.15) is 37.7 Å². The zero-order chi connectivity index (χ0) is 29.0. The van der Waals surface area contributed by atoms with Crippen LogP contribution in [0.4, 0.5) is 5.69 Å². The number of hydrogen-bond acceptors (Lipinski definition) is 7. The van der Waals surface area contributed by atoms with Crippen LogP contribution in [-0.2, 0) is 14.9 Å². The van der Waals surface area contributed by atoms with Gasteiger partial charge in [0.15, 0.2) is 5.71 Å². The average Bonchev–Trinajstić information content (AvgIpc) is 3.41. The molecule has 0 aliphatic carbocycles. The summed E-state index contributed by atoms with van der Waals surface area (Å²) >= 11 is 0. The van der Waals surface area contributed by atoms with Crippen molar-refractivity contribution in [1.82, 2.24) is 14.7 Å². The third-order valence-electron chi connectivity index (χ3n) is 7.22. The Labute approximate surface area is 240 Å². The molecule has 1 aliphatic rings. The number of morpholine rings is 1. The van der Waals surface area contributed by atoms with Crippen LogP contribution in [0.5, 0.6) is 5.75 Å². The predicted octanol–water partition coefficient (Wildman–Crippen LogP) is 5.16. The molecule has 1 fully saturated rings. The quantitative estimate of drug-likeness (QED) is 0.177. The molecule has 9 heteroatoms. The van der Waals surface area contributed by atoms with Crippen LogP contribution in [-0.4, -0.2) is 71.0 Å². The third kappa shape index (κ3) is 6.42. The van der Waals surface area contributed by atoms with Crippen molar-refractivity contribution >= 4 is 28.1 Å². The van der Waals surface area contributed by atoms with Gasteiger partial charge in [-0.15, -0.1) is 0 Å². The maximum Gasteiger partial charge on any atom is 0.279 e. The maximum atomic E-state index is 13.6. The fourth-order valence-corrected chi connectivity index (χ4v) is 4.81. The first-order valence-electron chi connectivity index (χ1n) is 13.9. The molecular weight excluding hydrogens is 518 g/mol. The standard InChI is InChI=1S/C32H37N5O4/c1-22-9-11-23(12-10-22)37-27(21-29(34-37)32(2,3)4)30(35-39)31(38)33-26-13-14-28(25-8-6-5-7-24(25)26)41-20-17-36-15-18-40-19-16-36/h5-14,21,39H,15-20H2,1-4H3,(H,33,38). The van der Waals surface area contributed by atoms with Gasteiger partial charge in [-0.2, -0.15) is 5.10 Å². The highest BCUT2D eigenvalue weighted by molar-refractivity contribution is 6.48. The molecule has 2 N–H and O–H groups in total. The second-order valence-electron chi connectivity index (χ2n) is 11.3. The number of anilines is 1. The monoisotopic (exact) mass is 555 g/mol. The molecule has 41 heavy (non-hydrogen) atoms. The van der Waals surface area contributed by atoms with E-state index in [1.165, 1.54) is 0 Å². The van der Waals surface area contributed by atoms with Crippen LogP contribution in [0.3, 0.4) is 0 Å². The van der Waals surface area contributed by atoms with E-state index in [-0.39, 0.29) is 11.1 Å². The Hall–Kier alpha value is -4.21. The molecule has 0 bridgehead atoms. The molecule has 1 aliphatic heterocycles. The summed E-state index contributed by atoms with van der Waals surface area (Å²) in [5, 5.41) is 23.0. The van der Waals surface area contributed by atoms with Gasteiger partial charge in [0.2, 0.25) is 0 Å². The summed E-state index contributed by atoms with van der Waals surface area (Å²) in [6.45, 7) is 12.8. The summed E-state index contributed by atoms with van der Waals surface area (Å²) in [5.74, 6) is 0.197. The molecule has 1 saturated heterocycles. The van der Waals surface area contributed by atoms with Crippen molar-refractivity contribution in [1.29, 1.82) is 0 Å². The van der Waals surface area contributed by atoms with Crippen LogP contribution < -0.4 is 10.1 Å². The van der Waals surface area contributed by atoms with E-state index in [1.807, 2.05) is 88.4 Å². The first-order chi connectivity index (χ1) is 19.7. The number of benzene rings is 3. The van der Waals surface area contributed by atoms with Gasteiger partial charge in [0.1, 0.15) is 18.1 Å². The molecule has 4 aromatic rings. The zero-order valence-electron chi connectivity index (χ0n) is 24.1. The van der Waals surface area contributed by atoms with Crippen LogP contribution in [0.15, 0.2) is 71.9 Å². The lowest BCUT2D eigenvalue weighted by Crippen LogP contribution is -2.38. The van der Waals surface area contributed by atoms with Gasteiger partial charge >= 0.3 is 0 Å². The molecule has 5 rings (SSSR count). The minimum atomic E-state index is -0.549. The van der Waals surface area contributed by atoms with E-state index in [2.05, 4.69) is 15.4 Å². The Morgan fingerprint density at radius 1 is 1.05 bits per heavy atom. The molecule has 214 valence electrons. The van der Waals surface area contributed by atoms with Gasteiger partial charge in [-0.3, -0.25) is 9.69 Å². The molecule has 9 nitrogen and oxygen atoms in total. The van der Waals surface area contributed by atoms with Gasteiger partial charge in [-0.25, -0.2) is 4.68 Å². The van der Waals surface area contributed by atoms with Gasteiger partial charge in [-0.05, 0) is 37.3 Å². The van der Waals surface area contributed by atoms with Gasteiger partial charge in [-0.1, -0.05) is 67.9 Å². The molecule has 3 aromatic carbocycles. The van der Waals surface area contributed by atoms with E-state index in [0.717, 1.165) is 66.3 Å². The fourth-order valence-electron chi connectivity index (χ4n) is 4.81. The number of hydrogen-bond donors (Lipinski definition) is 2. The van der Waals surface area contributed by atoms with Crippen LogP contribution in [0.2, 0.25) is 0 Å². The van der Waals surface area contributed by atoms with Crippen molar-refractivity contribution in [3.63, 3.8) is 0 Å². The molecule has 0 saturated carbocycles. The van der Waals surface area contributed by atoms with E-state index < -0.39 is 5.91 Å². The van der Waals surface area contributed by atoms with E-state index in [4.69, 9.17) is 14.6 Å². The Balaban J connectivity index is 1.41. The molecule has 0 unspecified atom stereocenters. The van der Waals surface area contributed by atoms with Crippen molar-refractivity contribution in [3.8, 4) is 11.4 Å². The van der Waals surface area contributed by atoms with E-state index >= 15 is 0 Å². The van der Waals surface area contributed by atoms with Crippen molar-refractivity contribution in [3.05, 3.63) is 83.7 Å². The SMILES string of the molecule is Cc1ccc(-n2nc(C(C)(C)C)cc2C(=NO)C(=O)Nc2ccc(OCCN3CCOCC3)c3ccccc23)cc1. The lowest BCUT2D eigenvalue weighted by molar-refractivity contribution is -0.110. The zero-order valence-corrected chi connectivity index (χ0v) is 24.1. The molecule has 2 heterocycles. The highest BCUT2D eigenvalue weighted by Gasteiger charge is 2.27. The summed E-state index contributed by atoms with van der Waals surface area (Å²) in [5.41, 5.74) is 3.20. The highest BCUT2D eigenvalue weighted by Crippen LogP contribution is 2.32. The summed E-state index contributed by atoms with van der Waals surface area (Å²) in [4.78, 5) is 15.9. The Kier molecular flexibility index (Phi) is 8.37. The van der Waals surface area contributed by atoms with Gasteiger partial charge in [0.25, 0.3) is 5.91 Å². The number of carbonyl (C=O) groups excluding carboxylic acids is 1. The number of ether oxygens (including phenoxy) is 2. The molecule has 0 radical (unpaired) electrons. The van der Waals surface area contributed by atoms with E-state index in [0.29, 0.717) is 18.0 Å². The number of fused-ring (bicyclic) bond motifs is 1. The lowest BCUT2D eigenvalue weighted by atomic mass is 9.92. The van der Waals surface area contributed by atoms with Crippen molar-refractivity contribution in [2.24, 2.45) is 5.16 Å². The van der Waals surface area contributed by atoms with Gasteiger partial charge in [0, 0.05) is 41.5 Å². The second-order valence-corrected chi connectivity index (χ2v) is 11.3. The molecule has 0 atom stereocenters. The summed E-state index contributed by atoms with van der Waals surface area (Å²) in [6.07, 6.45) is 0. The fraction of sp³-hybridized carbons (Fsp3) is 0.344. The van der Waals surface area contributed by atoms with E-state index in [9.17, 15) is 10.0 Å². The van der Waals surface area contributed by atoms with Crippen molar-refractivity contribution in [2.45, 2.75) is 33.1 Å². The van der Waals surface area contributed by atoms with Crippen molar-refractivity contribution < 1.29 is 19.5 Å². The van der Waals surface area contributed by atoms with Crippen LogP contribution in [0.25, 0.3) is 16.5 Å². The normalized spacial score (nSPS) is 14.8. The number of nitrogens with one attached hydrogen (secondary N) is 1. The molecule has 0 spiro atoms. The number of carbonyl (C=O) groups is 1. The van der Waals surface area contributed by atoms with E-state index in [1.54, 1.807) is 10.7 Å². The lowest BCUT2D eigenvalue weighted by Gasteiger charge is -2.26. The number of nitrogens with zero attached hydrogens (tertiary/aromatic N) is 4. The Morgan fingerprint density at radius 3 is 2.44 bits per heavy atom. The van der Waals surface area contributed by atoms with Gasteiger partial charge in [0.05, 0.1) is 24.6 Å². The first-order valence-corrected chi connectivity index (χ1v) is 13.9. The third-order valence-corrected chi connectivity index (χ3v) is 7.22.